The summed E-state index contributed by atoms with van der Waals surface area (Å²) in [5.74, 6) is 1.22. The van der Waals surface area contributed by atoms with Crippen molar-refractivity contribution < 1.29 is 9.53 Å². The number of aryl methyl sites for hydroxylation is 1. The van der Waals surface area contributed by atoms with E-state index in [0.717, 1.165) is 11.3 Å². The third-order valence-electron chi connectivity index (χ3n) is 4.84. The van der Waals surface area contributed by atoms with Crippen molar-refractivity contribution in [3.05, 3.63) is 77.1 Å². The van der Waals surface area contributed by atoms with Gasteiger partial charge in [-0.3, -0.25) is 18.6 Å². The average molecular weight is 450 g/mol. The lowest BCUT2D eigenvalue weighted by atomic mass is 10.2. The van der Waals surface area contributed by atoms with Crippen molar-refractivity contribution in [2.24, 2.45) is 0 Å². The molecule has 0 radical (unpaired) electrons. The molecule has 4 aromatic rings. The highest BCUT2D eigenvalue weighted by Crippen LogP contribution is 2.21. The number of hydrogen-bond donors (Lipinski definition) is 1. The summed E-state index contributed by atoms with van der Waals surface area (Å²) in [5, 5.41) is 12.4. The second-order valence-electron chi connectivity index (χ2n) is 7.14. The maximum absolute atomic E-state index is 12.8. The van der Waals surface area contributed by atoms with E-state index in [-0.39, 0.29) is 17.2 Å². The normalized spacial score (nSPS) is 11.0. The summed E-state index contributed by atoms with van der Waals surface area (Å²) in [5.41, 5.74) is 1.72. The molecule has 1 amide bonds. The summed E-state index contributed by atoms with van der Waals surface area (Å²) >= 11 is 1.26. The van der Waals surface area contributed by atoms with Crippen LogP contribution in [0.25, 0.3) is 16.7 Å². The zero-order chi connectivity index (χ0) is 22.5. The van der Waals surface area contributed by atoms with Crippen LogP contribution in [0.5, 0.6) is 5.75 Å². The van der Waals surface area contributed by atoms with Gasteiger partial charge in [0, 0.05) is 6.54 Å². The Bertz CT molecular complexity index is 1330. The number of thioether (sulfide) groups is 1. The van der Waals surface area contributed by atoms with E-state index in [1.807, 2.05) is 49.4 Å². The van der Waals surface area contributed by atoms with Crippen molar-refractivity contribution in [3.8, 4) is 5.75 Å². The summed E-state index contributed by atoms with van der Waals surface area (Å²) in [4.78, 5) is 25.1. The molecule has 1 N–H and O–H groups in total. The molecule has 9 heteroatoms. The monoisotopic (exact) mass is 449 g/mol. The van der Waals surface area contributed by atoms with Crippen molar-refractivity contribution in [2.75, 3.05) is 18.9 Å². The first-order chi connectivity index (χ1) is 15.6. The highest BCUT2D eigenvalue weighted by Gasteiger charge is 2.17. The quantitative estimate of drug-likeness (QED) is 0.240. The smallest absolute Gasteiger partial charge is 0.263 e. The van der Waals surface area contributed by atoms with Gasteiger partial charge in [0.25, 0.3) is 5.56 Å². The molecule has 0 aliphatic heterocycles. The maximum Gasteiger partial charge on any atom is 0.263 e. The number of fused-ring (bicyclic) bond motifs is 3. The largest absolute Gasteiger partial charge is 0.492 e. The van der Waals surface area contributed by atoms with Crippen LogP contribution in [-0.2, 0) is 11.3 Å². The summed E-state index contributed by atoms with van der Waals surface area (Å²) in [6.07, 6.45) is 1.64. The highest BCUT2D eigenvalue weighted by atomic mass is 32.2. The molecule has 0 fully saturated rings. The molecule has 0 saturated carbocycles. The lowest BCUT2D eigenvalue weighted by Gasteiger charge is -2.10. The van der Waals surface area contributed by atoms with E-state index < -0.39 is 0 Å². The molecule has 32 heavy (non-hydrogen) atoms. The van der Waals surface area contributed by atoms with Gasteiger partial charge in [0.05, 0.1) is 23.2 Å². The molecule has 0 spiro atoms. The number of ether oxygens (including phenoxy) is 1. The number of hydrogen-bond acceptors (Lipinski definition) is 6. The fraction of sp³-hybridized carbons (Fsp3) is 0.217. The van der Waals surface area contributed by atoms with Gasteiger partial charge in [0.1, 0.15) is 12.4 Å². The van der Waals surface area contributed by atoms with E-state index in [9.17, 15) is 9.59 Å². The standard InChI is InChI=1S/C23H23N5O3S/c1-3-13-27-21(30)18-6-4-5-7-19(18)28-22(27)25-26-23(28)32-15-20(29)24-12-14-31-17-10-8-16(2)9-11-17/h3-11H,1,12-15H2,2H3,(H,24,29). The van der Waals surface area contributed by atoms with Crippen LogP contribution in [0.15, 0.2) is 71.1 Å². The van der Waals surface area contributed by atoms with Crippen molar-refractivity contribution in [3.63, 3.8) is 0 Å². The number of carbonyl (C=O) groups excluding carboxylic acids is 1. The van der Waals surface area contributed by atoms with E-state index in [2.05, 4.69) is 22.1 Å². The second-order valence-corrected chi connectivity index (χ2v) is 8.08. The fourth-order valence-electron chi connectivity index (χ4n) is 3.30. The number of para-hydroxylation sites is 1. The van der Waals surface area contributed by atoms with E-state index >= 15 is 0 Å². The van der Waals surface area contributed by atoms with E-state index in [0.29, 0.717) is 41.5 Å². The summed E-state index contributed by atoms with van der Waals surface area (Å²) in [6, 6.07) is 15.0. The van der Waals surface area contributed by atoms with Crippen LogP contribution in [0, 0.1) is 6.92 Å². The first-order valence-corrected chi connectivity index (χ1v) is 11.1. The highest BCUT2D eigenvalue weighted by molar-refractivity contribution is 7.99. The third kappa shape index (κ3) is 4.52. The van der Waals surface area contributed by atoms with E-state index in [1.165, 1.54) is 16.3 Å². The summed E-state index contributed by atoms with van der Waals surface area (Å²) in [6.45, 7) is 6.84. The Hall–Kier alpha value is -3.59. The van der Waals surface area contributed by atoms with Crippen molar-refractivity contribution >= 4 is 34.3 Å². The topological polar surface area (TPSA) is 90.5 Å². The van der Waals surface area contributed by atoms with Gasteiger partial charge in [-0.2, -0.15) is 0 Å². The van der Waals surface area contributed by atoms with Crippen LogP contribution in [0.1, 0.15) is 5.56 Å². The third-order valence-corrected chi connectivity index (χ3v) is 5.77. The number of aromatic nitrogens is 4. The number of carbonyl (C=O) groups is 1. The molecule has 164 valence electrons. The Morgan fingerprint density at radius 1 is 1.19 bits per heavy atom. The number of amides is 1. The van der Waals surface area contributed by atoms with Crippen molar-refractivity contribution in [1.29, 1.82) is 0 Å². The predicted molar refractivity (Wildman–Crippen MR) is 125 cm³/mol. The van der Waals surface area contributed by atoms with Gasteiger partial charge in [0.15, 0.2) is 5.16 Å². The predicted octanol–water partition coefficient (Wildman–Crippen LogP) is 2.83. The van der Waals surface area contributed by atoms with Crippen molar-refractivity contribution in [1.82, 2.24) is 24.5 Å². The Morgan fingerprint density at radius 3 is 2.75 bits per heavy atom. The van der Waals surface area contributed by atoms with Crippen LogP contribution >= 0.6 is 11.8 Å². The maximum atomic E-state index is 12.8. The number of nitrogens with zero attached hydrogens (tertiary/aromatic N) is 4. The van der Waals surface area contributed by atoms with E-state index in [4.69, 9.17) is 4.74 Å². The summed E-state index contributed by atoms with van der Waals surface area (Å²) in [7, 11) is 0. The minimum atomic E-state index is -0.150. The lowest BCUT2D eigenvalue weighted by molar-refractivity contribution is -0.118. The first kappa shape index (κ1) is 21.6. The molecule has 0 aliphatic carbocycles. The molecule has 0 saturated heterocycles. The van der Waals surface area contributed by atoms with Crippen LogP contribution in [0.4, 0.5) is 0 Å². The van der Waals surface area contributed by atoms with Gasteiger partial charge in [-0.25, -0.2) is 0 Å². The van der Waals surface area contributed by atoms with Crippen LogP contribution in [0.2, 0.25) is 0 Å². The molecule has 2 heterocycles. The number of nitrogens with one attached hydrogen (secondary N) is 1. The van der Waals surface area contributed by atoms with Crippen LogP contribution in [-0.4, -0.2) is 44.0 Å². The SMILES string of the molecule is C=CCn1c(=O)c2ccccc2n2c(SCC(=O)NCCOc3ccc(C)cc3)nnc12. The minimum absolute atomic E-state index is 0.136. The van der Waals surface area contributed by atoms with Gasteiger partial charge in [-0.1, -0.05) is 47.7 Å². The van der Waals surface area contributed by atoms with E-state index in [1.54, 1.807) is 16.5 Å². The second kappa shape index (κ2) is 9.69. The van der Waals surface area contributed by atoms with Crippen LogP contribution < -0.4 is 15.6 Å². The van der Waals surface area contributed by atoms with Gasteiger partial charge in [0.2, 0.25) is 11.7 Å². The number of benzene rings is 2. The Kier molecular flexibility index (Phi) is 6.55. The molecular formula is C23H23N5O3S. The van der Waals surface area contributed by atoms with Crippen molar-refractivity contribution in [2.45, 2.75) is 18.6 Å². The fourth-order valence-corrected chi connectivity index (χ4v) is 4.07. The number of allylic oxidation sites excluding steroid dienone is 1. The van der Waals surface area contributed by atoms with Gasteiger partial charge < -0.3 is 10.1 Å². The molecule has 2 aromatic carbocycles. The Balaban J connectivity index is 1.43. The first-order valence-electron chi connectivity index (χ1n) is 10.1. The zero-order valence-corrected chi connectivity index (χ0v) is 18.5. The molecule has 0 bridgehead atoms. The zero-order valence-electron chi connectivity index (χ0n) is 17.7. The number of rotatable bonds is 9. The summed E-state index contributed by atoms with van der Waals surface area (Å²) < 4.78 is 8.95. The molecule has 8 nitrogen and oxygen atoms in total. The Morgan fingerprint density at radius 2 is 1.97 bits per heavy atom. The van der Waals surface area contributed by atoms with Gasteiger partial charge in [-0.05, 0) is 31.2 Å². The molecule has 4 rings (SSSR count). The molecule has 0 unspecified atom stereocenters. The minimum Gasteiger partial charge on any atom is -0.492 e. The molecular weight excluding hydrogens is 426 g/mol. The van der Waals surface area contributed by atoms with Gasteiger partial charge in [-0.15, -0.1) is 16.8 Å². The lowest BCUT2D eigenvalue weighted by Crippen LogP contribution is -2.29. The average Bonchev–Trinajstić information content (AvgIpc) is 3.23. The molecule has 2 aromatic heterocycles. The molecule has 0 atom stereocenters. The molecule has 0 aliphatic rings. The van der Waals surface area contributed by atoms with Crippen LogP contribution in [0.3, 0.4) is 0 Å². The Labute approximate surface area is 188 Å². The van der Waals surface area contributed by atoms with Gasteiger partial charge >= 0.3 is 0 Å².